The first-order chi connectivity index (χ1) is 8.88. The number of aryl methyl sites for hydroxylation is 2. The molecule has 0 bridgehead atoms. The van der Waals surface area contributed by atoms with Gasteiger partial charge in [-0.3, -0.25) is 4.72 Å². The molecular weight excluding hydrogens is 264 g/mol. The van der Waals surface area contributed by atoms with Crippen LogP contribution in [0.3, 0.4) is 0 Å². The molecule has 0 amide bonds. The zero-order chi connectivity index (χ0) is 14.0. The lowest BCUT2D eigenvalue weighted by molar-refractivity contribution is 0.600. The Labute approximate surface area is 111 Å². The molecule has 6 nitrogen and oxygen atoms in total. The van der Waals surface area contributed by atoms with Crippen LogP contribution in [0.25, 0.3) is 0 Å². The third kappa shape index (κ3) is 3.00. The second-order valence-electron chi connectivity index (χ2n) is 4.20. The summed E-state index contributed by atoms with van der Waals surface area (Å²) < 4.78 is 26.8. The normalized spacial score (nSPS) is 11.3. The van der Waals surface area contributed by atoms with Crippen molar-refractivity contribution in [1.29, 1.82) is 0 Å². The van der Waals surface area contributed by atoms with E-state index in [9.17, 15) is 8.42 Å². The number of benzene rings is 1. The first kappa shape index (κ1) is 13.3. The van der Waals surface area contributed by atoms with E-state index >= 15 is 0 Å². The largest absolute Gasteiger partial charge is 0.368 e. The van der Waals surface area contributed by atoms with Gasteiger partial charge in [-0.05, 0) is 31.0 Å². The highest BCUT2D eigenvalue weighted by atomic mass is 32.2. The molecule has 0 saturated carbocycles. The molecule has 19 heavy (non-hydrogen) atoms. The minimum Gasteiger partial charge on any atom is -0.368 e. The van der Waals surface area contributed by atoms with Gasteiger partial charge in [0.2, 0.25) is 5.95 Å². The summed E-state index contributed by atoms with van der Waals surface area (Å²) in [5, 5.41) is 0. The van der Waals surface area contributed by atoms with Crippen LogP contribution < -0.4 is 10.5 Å². The zero-order valence-corrected chi connectivity index (χ0v) is 11.4. The second-order valence-corrected chi connectivity index (χ2v) is 5.88. The van der Waals surface area contributed by atoms with Gasteiger partial charge in [-0.25, -0.2) is 18.4 Å². The van der Waals surface area contributed by atoms with E-state index in [0.717, 1.165) is 11.1 Å². The third-order valence-corrected chi connectivity index (χ3v) is 3.92. The van der Waals surface area contributed by atoms with Crippen molar-refractivity contribution in [2.24, 2.45) is 0 Å². The molecule has 0 radical (unpaired) electrons. The Morgan fingerprint density at radius 3 is 2.42 bits per heavy atom. The van der Waals surface area contributed by atoms with E-state index in [1.165, 1.54) is 12.4 Å². The quantitative estimate of drug-likeness (QED) is 0.886. The molecule has 1 aromatic carbocycles. The molecule has 3 N–H and O–H groups in total. The molecule has 7 heteroatoms. The highest BCUT2D eigenvalue weighted by Gasteiger charge is 2.16. The Morgan fingerprint density at radius 1 is 1.16 bits per heavy atom. The number of sulfonamides is 1. The van der Waals surface area contributed by atoms with E-state index in [2.05, 4.69) is 14.7 Å². The van der Waals surface area contributed by atoms with Gasteiger partial charge >= 0.3 is 0 Å². The number of nitrogens with two attached hydrogens (primary N) is 1. The molecule has 1 heterocycles. The van der Waals surface area contributed by atoms with E-state index in [-0.39, 0.29) is 10.8 Å². The Balaban J connectivity index is 2.36. The van der Waals surface area contributed by atoms with E-state index in [1.807, 2.05) is 26.0 Å². The molecule has 0 fully saturated rings. The summed E-state index contributed by atoms with van der Waals surface area (Å²) in [5.41, 5.74) is 7.68. The smallest absolute Gasteiger partial charge is 0.264 e. The van der Waals surface area contributed by atoms with Crippen LogP contribution in [0.15, 0.2) is 35.5 Å². The predicted molar refractivity (Wildman–Crippen MR) is 73.2 cm³/mol. The number of nitrogens with one attached hydrogen (secondary N) is 1. The summed E-state index contributed by atoms with van der Waals surface area (Å²) in [4.78, 5) is 7.32. The van der Waals surface area contributed by atoms with Crippen LogP contribution in [-0.2, 0) is 10.0 Å². The Bertz CT molecular complexity index is 696. The van der Waals surface area contributed by atoms with Crippen LogP contribution in [0.5, 0.6) is 0 Å². The first-order valence-corrected chi connectivity index (χ1v) is 7.04. The molecule has 0 saturated heterocycles. The number of nitrogens with zero attached hydrogens (tertiary/aromatic N) is 2. The average molecular weight is 278 g/mol. The third-order valence-electron chi connectivity index (χ3n) is 2.60. The van der Waals surface area contributed by atoms with Gasteiger partial charge in [0, 0.05) is 0 Å². The fourth-order valence-corrected chi connectivity index (χ4v) is 2.52. The Kier molecular flexibility index (Phi) is 3.39. The van der Waals surface area contributed by atoms with E-state index < -0.39 is 10.0 Å². The van der Waals surface area contributed by atoms with Crippen LogP contribution in [-0.4, -0.2) is 18.4 Å². The van der Waals surface area contributed by atoms with Crippen molar-refractivity contribution in [1.82, 2.24) is 9.97 Å². The summed E-state index contributed by atoms with van der Waals surface area (Å²) in [6, 6.07) is 5.54. The zero-order valence-electron chi connectivity index (χ0n) is 10.6. The van der Waals surface area contributed by atoms with Gasteiger partial charge in [0.1, 0.15) is 4.90 Å². The summed E-state index contributed by atoms with van der Waals surface area (Å²) in [6.45, 7) is 3.72. The molecule has 0 aliphatic rings. The van der Waals surface area contributed by atoms with Crippen LogP contribution in [0.1, 0.15) is 11.1 Å². The summed E-state index contributed by atoms with van der Waals surface area (Å²) in [6.07, 6.45) is 2.35. The number of nitrogen functional groups attached to an aromatic ring is 1. The number of aromatic nitrogens is 2. The molecule has 2 rings (SSSR count). The highest BCUT2D eigenvalue weighted by molar-refractivity contribution is 7.92. The lowest BCUT2D eigenvalue weighted by atomic mass is 10.1. The molecule has 1 aromatic heterocycles. The van der Waals surface area contributed by atoms with E-state index in [0.29, 0.717) is 5.69 Å². The van der Waals surface area contributed by atoms with Crippen molar-refractivity contribution >= 4 is 21.7 Å². The molecule has 0 aliphatic heterocycles. The van der Waals surface area contributed by atoms with E-state index in [1.54, 1.807) is 6.07 Å². The number of anilines is 2. The van der Waals surface area contributed by atoms with Gasteiger partial charge in [-0.1, -0.05) is 12.1 Å². The maximum Gasteiger partial charge on any atom is 0.264 e. The number of rotatable bonds is 3. The topological polar surface area (TPSA) is 98.0 Å². The fourth-order valence-electron chi connectivity index (χ4n) is 1.51. The predicted octanol–water partition coefficient (Wildman–Crippen LogP) is 1.48. The first-order valence-electron chi connectivity index (χ1n) is 5.56. The summed E-state index contributed by atoms with van der Waals surface area (Å²) >= 11 is 0. The lowest BCUT2D eigenvalue weighted by Crippen LogP contribution is -2.14. The maximum absolute atomic E-state index is 12.1. The summed E-state index contributed by atoms with van der Waals surface area (Å²) in [7, 11) is -3.70. The van der Waals surface area contributed by atoms with Crippen molar-refractivity contribution in [2.45, 2.75) is 18.7 Å². The van der Waals surface area contributed by atoms with Gasteiger partial charge in [0.25, 0.3) is 10.0 Å². The van der Waals surface area contributed by atoms with Gasteiger partial charge in [-0.15, -0.1) is 0 Å². The van der Waals surface area contributed by atoms with Crippen molar-refractivity contribution in [3.05, 3.63) is 41.7 Å². The molecule has 0 unspecified atom stereocenters. The minimum atomic E-state index is -3.70. The number of hydrogen-bond acceptors (Lipinski definition) is 5. The average Bonchev–Trinajstić information content (AvgIpc) is 2.34. The highest BCUT2D eigenvalue weighted by Crippen LogP contribution is 2.20. The van der Waals surface area contributed by atoms with Crippen molar-refractivity contribution in [2.75, 3.05) is 10.5 Å². The molecule has 0 atom stereocenters. The van der Waals surface area contributed by atoms with Gasteiger partial charge in [0.05, 0.1) is 18.1 Å². The van der Waals surface area contributed by atoms with Gasteiger partial charge in [-0.2, -0.15) is 0 Å². The number of hydrogen-bond donors (Lipinski definition) is 2. The van der Waals surface area contributed by atoms with Crippen molar-refractivity contribution < 1.29 is 8.42 Å². The van der Waals surface area contributed by atoms with Crippen LogP contribution in [0.2, 0.25) is 0 Å². The second kappa shape index (κ2) is 4.85. The maximum atomic E-state index is 12.1. The Morgan fingerprint density at radius 2 is 1.79 bits per heavy atom. The van der Waals surface area contributed by atoms with Crippen molar-refractivity contribution in [3.63, 3.8) is 0 Å². The summed E-state index contributed by atoms with van der Waals surface area (Å²) in [5.74, 6) is 0.0330. The van der Waals surface area contributed by atoms with Gasteiger partial charge in [0.15, 0.2) is 0 Å². The molecule has 2 aromatic rings. The van der Waals surface area contributed by atoms with Crippen LogP contribution in [0, 0.1) is 13.8 Å². The SMILES string of the molecule is Cc1ccc(C)c(NS(=O)(=O)c2cnc(N)nc2)c1. The monoisotopic (exact) mass is 278 g/mol. The van der Waals surface area contributed by atoms with Gasteiger partial charge < -0.3 is 5.73 Å². The lowest BCUT2D eigenvalue weighted by Gasteiger charge is -2.10. The van der Waals surface area contributed by atoms with Crippen molar-refractivity contribution in [3.8, 4) is 0 Å². The standard InChI is InChI=1S/C12H14N4O2S/c1-8-3-4-9(2)11(5-8)16-19(17,18)10-6-14-12(13)15-7-10/h3-7,16H,1-2H3,(H2,13,14,15). The molecular formula is C12H14N4O2S. The minimum absolute atomic E-state index is 0.0254. The van der Waals surface area contributed by atoms with Crippen LogP contribution in [0.4, 0.5) is 11.6 Å². The molecule has 100 valence electrons. The van der Waals surface area contributed by atoms with E-state index in [4.69, 9.17) is 5.73 Å². The Hall–Kier alpha value is -2.15. The fraction of sp³-hybridized carbons (Fsp3) is 0.167. The molecule has 0 aliphatic carbocycles. The molecule has 0 spiro atoms. The van der Waals surface area contributed by atoms with Crippen LogP contribution >= 0.6 is 0 Å².